The van der Waals surface area contributed by atoms with E-state index in [1.807, 2.05) is 0 Å². The topological polar surface area (TPSA) is 54.0 Å². The third-order valence-corrected chi connectivity index (χ3v) is 4.85. The highest BCUT2D eigenvalue weighted by atomic mass is 16.5. The van der Waals surface area contributed by atoms with E-state index in [1.165, 1.54) is 27.6 Å². The Morgan fingerprint density at radius 1 is 1.28 bits per heavy atom. The summed E-state index contributed by atoms with van der Waals surface area (Å²) in [5.74, 6) is 1.32. The maximum atomic E-state index is 5.20. The van der Waals surface area contributed by atoms with Crippen LogP contribution in [0.4, 0.5) is 5.95 Å². The summed E-state index contributed by atoms with van der Waals surface area (Å²) in [7, 11) is 1.63. The molecule has 5 heteroatoms. The van der Waals surface area contributed by atoms with Crippen molar-refractivity contribution in [3.8, 4) is 5.88 Å². The van der Waals surface area contributed by atoms with E-state index in [0.29, 0.717) is 5.88 Å². The standard InChI is InChI=1S/C20H22N4O/c1-3-14-5-4-6-16-17(13-22-19(14)16)15-8-11-24(12-9-15)20-21-10-7-18(23-20)25-2/h4-8,10,13,22H,3,9,11-12H2,1-2H3. The van der Waals surface area contributed by atoms with Crippen LogP contribution in [0.2, 0.25) is 0 Å². The van der Waals surface area contributed by atoms with E-state index in [4.69, 9.17) is 4.74 Å². The predicted molar refractivity (Wildman–Crippen MR) is 101 cm³/mol. The van der Waals surface area contributed by atoms with Gasteiger partial charge in [0.2, 0.25) is 11.8 Å². The maximum absolute atomic E-state index is 5.20. The number of nitrogens with zero attached hydrogens (tertiary/aromatic N) is 3. The second kappa shape index (κ2) is 6.59. The number of fused-ring (bicyclic) bond motifs is 1. The van der Waals surface area contributed by atoms with Gasteiger partial charge >= 0.3 is 0 Å². The molecular weight excluding hydrogens is 312 g/mol. The fourth-order valence-electron chi connectivity index (χ4n) is 3.47. The third kappa shape index (κ3) is 2.86. The summed E-state index contributed by atoms with van der Waals surface area (Å²) in [6.07, 6.45) is 8.19. The van der Waals surface area contributed by atoms with Crippen molar-refractivity contribution >= 4 is 22.4 Å². The molecule has 0 atom stereocenters. The highest BCUT2D eigenvalue weighted by Gasteiger charge is 2.18. The molecule has 0 radical (unpaired) electrons. The Labute approximate surface area is 147 Å². The van der Waals surface area contributed by atoms with Gasteiger partial charge in [-0.3, -0.25) is 0 Å². The van der Waals surface area contributed by atoms with Crippen LogP contribution in [0.5, 0.6) is 5.88 Å². The van der Waals surface area contributed by atoms with Crippen molar-refractivity contribution in [1.29, 1.82) is 0 Å². The molecule has 2 aromatic heterocycles. The Morgan fingerprint density at radius 3 is 2.96 bits per heavy atom. The minimum atomic E-state index is 0.600. The number of aromatic amines is 1. The van der Waals surface area contributed by atoms with Gasteiger partial charge in [0.05, 0.1) is 7.11 Å². The van der Waals surface area contributed by atoms with E-state index < -0.39 is 0 Å². The van der Waals surface area contributed by atoms with Crippen molar-refractivity contribution in [3.63, 3.8) is 0 Å². The number of H-pyrrole nitrogens is 1. The highest BCUT2D eigenvalue weighted by molar-refractivity contribution is 5.94. The molecule has 0 saturated heterocycles. The molecule has 0 amide bonds. The predicted octanol–water partition coefficient (Wildman–Crippen LogP) is 3.82. The smallest absolute Gasteiger partial charge is 0.228 e. The lowest BCUT2D eigenvalue weighted by Gasteiger charge is -2.26. The van der Waals surface area contributed by atoms with Gasteiger partial charge in [-0.15, -0.1) is 0 Å². The number of aromatic nitrogens is 3. The Kier molecular flexibility index (Phi) is 4.14. The molecule has 1 aromatic carbocycles. The van der Waals surface area contributed by atoms with Gasteiger partial charge in [-0.2, -0.15) is 4.98 Å². The van der Waals surface area contributed by atoms with E-state index in [-0.39, 0.29) is 0 Å². The lowest BCUT2D eigenvalue weighted by Crippen LogP contribution is -2.29. The first kappa shape index (κ1) is 15.7. The number of benzene rings is 1. The van der Waals surface area contributed by atoms with Crippen molar-refractivity contribution in [2.75, 3.05) is 25.1 Å². The minimum Gasteiger partial charge on any atom is -0.481 e. The van der Waals surface area contributed by atoms with Gasteiger partial charge in [0, 0.05) is 48.0 Å². The van der Waals surface area contributed by atoms with E-state index in [2.05, 4.69) is 57.2 Å². The summed E-state index contributed by atoms with van der Waals surface area (Å²) in [6.45, 7) is 3.91. The first-order valence-corrected chi connectivity index (χ1v) is 8.70. The molecule has 1 aliphatic rings. The summed E-state index contributed by atoms with van der Waals surface area (Å²) in [5.41, 5.74) is 5.33. The number of hydrogen-bond acceptors (Lipinski definition) is 4. The van der Waals surface area contributed by atoms with E-state index in [1.54, 1.807) is 19.4 Å². The largest absolute Gasteiger partial charge is 0.481 e. The van der Waals surface area contributed by atoms with Gasteiger partial charge in [0.1, 0.15) is 0 Å². The van der Waals surface area contributed by atoms with Gasteiger partial charge < -0.3 is 14.6 Å². The van der Waals surface area contributed by atoms with Crippen LogP contribution < -0.4 is 9.64 Å². The van der Waals surface area contributed by atoms with E-state index >= 15 is 0 Å². The lowest BCUT2D eigenvalue weighted by atomic mass is 9.98. The molecule has 3 heterocycles. The average molecular weight is 334 g/mol. The average Bonchev–Trinajstić information content (AvgIpc) is 3.12. The highest BCUT2D eigenvalue weighted by Crippen LogP contribution is 2.31. The van der Waals surface area contributed by atoms with Crippen molar-refractivity contribution in [1.82, 2.24) is 15.0 Å². The Hall–Kier alpha value is -2.82. The molecule has 4 rings (SSSR count). The number of nitrogens with one attached hydrogen (secondary N) is 1. The van der Waals surface area contributed by atoms with Crippen LogP contribution in [0.25, 0.3) is 16.5 Å². The molecule has 0 fully saturated rings. The number of para-hydroxylation sites is 1. The van der Waals surface area contributed by atoms with E-state index in [9.17, 15) is 0 Å². The summed E-state index contributed by atoms with van der Waals surface area (Å²) in [5, 5.41) is 1.32. The van der Waals surface area contributed by atoms with Crippen LogP contribution >= 0.6 is 0 Å². The molecule has 0 aliphatic carbocycles. The fraction of sp³-hybridized carbons (Fsp3) is 0.300. The number of hydrogen-bond donors (Lipinski definition) is 1. The molecule has 0 bridgehead atoms. The number of rotatable bonds is 4. The quantitative estimate of drug-likeness (QED) is 0.788. The van der Waals surface area contributed by atoms with Crippen molar-refractivity contribution < 1.29 is 4.74 Å². The molecule has 1 N–H and O–H groups in total. The van der Waals surface area contributed by atoms with Crippen molar-refractivity contribution in [2.24, 2.45) is 0 Å². The second-order valence-electron chi connectivity index (χ2n) is 6.22. The molecule has 1 aliphatic heterocycles. The first-order chi connectivity index (χ1) is 12.3. The van der Waals surface area contributed by atoms with Gasteiger partial charge in [0.15, 0.2) is 0 Å². The SMILES string of the molecule is CCc1cccc2c(C3=CCN(c4nccc(OC)n4)CC3)c[nH]c12. The fourth-order valence-corrected chi connectivity index (χ4v) is 3.47. The minimum absolute atomic E-state index is 0.600. The van der Waals surface area contributed by atoms with Crippen LogP contribution in [0.1, 0.15) is 24.5 Å². The van der Waals surface area contributed by atoms with Crippen LogP contribution in [0.15, 0.2) is 42.7 Å². The monoisotopic (exact) mass is 334 g/mol. The molecular formula is C20H22N4O. The summed E-state index contributed by atoms with van der Waals surface area (Å²) < 4.78 is 5.20. The van der Waals surface area contributed by atoms with Crippen LogP contribution in [0, 0.1) is 0 Å². The normalized spacial score (nSPS) is 14.6. The van der Waals surface area contributed by atoms with E-state index in [0.717, 1.165) is 31.9 Å². The molecule has 3 aromatic rings. The number of anilines is 1. The summed E-state index contributed by atoms with van der Waals surface area (Å²) in [4.78, 5) is 14.4. The molecule has 0 spiro atoms. The summed E-state index contributed by atoms with van der Waals surface area (Å²) in [6, 6.07) is 8.32. The first-order valence-electron chi connectivity index (χ1n) is 8.70. The Morgan fingerprint density at radius 2 is 2.20 bits per heavy atom. The van der Waals surface area contributed by atoms with Gasteiger partial charge in [0.25, 0.3) is 0 Å². The zero-order valence-electron chi connectivity index (χ0n) is 14.6. The molecule has 128 valence electrons. The van der Waals surface area contributed by atoms with Crippen LogP contribution in [-0.2, 0) is 6.42 Å². The zero-order valence-corrected chi connectivity index (χ0v) is 14.6. The maximum Gasteiger partial charge on any atom is 0.228 e. The van der Waals surface area contributed by atoms with Gasteiger partial charge in [-0.25, -0.2) is 4.98 Å². The number of methoxy groups -OCH3 is 1. The molecule has 25 heavy (non-hydrogen) atoms. The molecule has 5 nitrogen and oxygen atoms in total. The van der Waals surface area contributed by atoms with Gasteiger partial charge in [-0.05, 0) is 24.0 Å². The van der Waals surface area contributed by atoms with Crippen LogP contribution in [0.3, 0.4) is 0 Å². The number of ether oxygens (including phenoxy) is 1. The number of aryl methyl sites for hydroxylation is 1. The summed E-state index contributed by atoms with van der Waals surface area (Å²) >= 11 is 0. The van der Waals surface area contributed by atoms with Crippen LogP contribution in [-0.4, -0.2) is 35.2 Å². The molecule has 0 saturated carbocycles. The van der Waals surface area contributed by atoms with Gasteiger partial charge in [-0.1, -0.05) is 31.2 Å². The zero-order chi connectivity index (χ0) is 17.2. The van der Waals surface area contributed by atoms with Crippen molar-refractivity contribution in [2.45, 2.75) is 19.8 Å². The Bertz CT molecular complexity index is 928. The second-order valence-corrected chi connectivity index (χ2v) is 6.22. The Balaban J connectivity index is 1.61. The lowest BCUT2D eigenvalue weighted by molar-refractivity contribution is 0.396. The molecule has 0 unspecified atom stereocenters. The van der Waals surface area contributed by atoms with Crippen molar-refractivity contribution in [3.05, 3.63) is 53.9 Å². The third-order valence-electron chi connectivity index (χ3n) is 4.85.